The van der Waals surface area contributed by atoms with Crippen LogP contribution < -0.4 is 32.7 Å². The Hall–Kier alpha value is -8.37. The van der Waals surface area contributed by atoms with Crippen LogP contribution in [0.3, 0.4) is 0 Å². The van der Waals surface area contributed by atoms with Gasteiger partial charge in [-0.15, -0.1) is 0 Å². The van der Waals surface area contributed by atoms with Gasteiger partial charge in [-0.3, -0.25) is 24.0 Å². The van der Waals surface area contributed by atoms with Crippen LogP contribution in [0.5, 0.6) is 0 Å². The summed E-state index contributed by atoms with van der Waals surface area (Å²) < 4.78 is 171. The van der Waals surface area contributed by atoms with E-state index >= 15 is 0 Å². The summed E-state index contributed by atoms with van der Waals surface area (Å²) in [5.74, 6) is -2.91. The molecular formula is C101H168N10O37S. The van der Waals surface area contributed by atoms with Crippen molar-refractivity contribution in [1.82, 2.24) is 30.1 Å². The number of anilines is 1. The van der Waals surface area contributed by atoms with Crippen molar-refractivity contribution in [2.45, 2.75) is 89.3 Å². The number of carbonyl (C=O) groups is 7. The minimum Gasteiger partial charge on any atom is -0.481 e. The molecule has 2 atom stereocenters. The van der Waals surface area contributed by atoms with E-state index in [1.807, 2.05) is 31.2 Å². The predicted octanol–water partition coefficient (Wildman–Crippen LogP) is 3.93. The van der Waals surface area contributed by atoms with E-state index in [1.54, 1.807) is 74.3 Å². The average molecular weight is 2150 g/mol. The average Bonchev–Trinajstić information content (AvgIpc) is 1.59. The lowest BCUT2D eigenvalue weighted by Gasteiger charge is -2.36. The molecule has 1 fully saturated rings. The molecule has 0 aromatic heterocycles. The van der Waals surface area contributed by atoms with Crippen molar-refractivity contribution in [1.29, 1.82) is 0 Å². The van der Waals surface area contributed by atoms with E-state index in [1.165, 1.54) is 9.21 Å². The summed E-state index contributed by atoms with van der Waals surface area (Å²) in [6.45, 7) is 27.9. The van der Waals surface area contributed by atoms with Crippen LogP contribution in [0.2, 0.25) is 0 Å². The third-order valence-corrected chi connectivity index (χ3v) is 23.4. The smallest absolute Gasteiger partial charge is 0.409 e. The number of benzene rings is 3. The van der Waals surface area contributed by atoms with Gasteiger partial charge in [-0.1, -0.05) is 57.2 Å². The molecule has 0 spiro atoms. The molecule has 850 valence electrons. The van der Waals surface area contributed by atoms with Crippen molar-refractivity contribution in [3.63, 3.8) is 0 Å². The molecule has 48 heteroatoms. The predicted molar refractivity (Wildman–Crippen MR) is 547 cm³/mol. The Kier molecular flexibility index (Phi) is 77.4. The van der Waals surface area contributed by atoms with Crippen LogP contribution in [0.25, 0.3) is 17.2 Å². The van der Waals surface area contributed by atoms with Gasteiger partial charge >= 0.3 is 18.1 Å². The molecule has 149 heavy (non-hydrogen) atoms. The maximum Gasteiger partial charge on any atom is 0.409 e. The topological polar surface area (TPSA) is 556 Å². The number of fused-ring (bicyclic) bond motifs is 1. The second-order valence-corrected chi connectivity index (χ2v) is 35.9. The second kappa shape index (κ2) is 88.0. The molecular weight excluding hydrogens is 1980 g/mol. The summed E-state index contributed by atoms with van der Waals surface area (Å²) in [6, 6.07) is 15.9. The lowest BCUT2D eigenvalue weighted by molar-refractivity contribution is -0.138. The Morgan fingerprint density at radius 1 is 0.463 bits per heavy atom. The summed E-state index contributed by atoms with van der Waals surface area (Å²) >= 11 is 0. The molecule has 3 aromatic carbocycles. The van der Waals surface area contributed by atoms with E-state index in [0.717, 1.165) is 0 Å². The van der Waals surface area contributed by atoms with Crippen LogP contribution in [0.1, 0.15) is 76.8 Å². The first kappa shape index (κ1) is 131. The van der Waals surface area contributed by atoms with E-state index in [4.69, 9.17) is 140 Å². The summed E-state index contributed by atoms with van der Waals surface area (Å²) in [7, 11) is -2.15. The van der Waals surface area contributed by atoms with Crippen molar-refractivity contribution >= 4 is 75.0 Å². The van der Waals surface area contributed by atoms with Gasteiger partial charge in [-0.25, -0.2) is 23.0 Å². The van der Waals surface area contributed by atoms with Gasteiger partial charge in [-0.05, 0) is 84.7 Å². The zero-order chi connectivity index (χ0) is 107. The lowest BCUT2D eigenvalue weighted by atomic mass is 10.0. The lowest BCUT2D eigenvalue weighted by Crippen LogP contribution is -2.54. The molecule has 0 unspecified atom stereocenters. The minimum absolute atomic E-state index is 0.0179. The van der Waals surface area contributed by atoms with Gasteiger partial charge in [0.25, 0.3) is 0 Å². The van der Waals surface area contributed by atoms with E-state index in [0.29, 0.717) is 369 Å². The van der Waals surface area contributed by atoms with Crippen LogP contribution in [-0.4, -0.2) is 476 Å². The van der Waals surface area contributed by atoms with E-state index < -0.39 is 57.9 Å². The molecule has 10 N–H and O–H groups in total. The zero-order valence-corrected chi connectivity index (χ0v) is 88.6. The number of aliphatic imine (C=N–C) groups is 1. The number of carbonyl (C=O) groups excluding carboxylic acids is 6. The van der Waals surface area contributed by atoms with Crippen LogP contribution in [-0.2, 0) is 164 Å². The van der Waals surface area contributed by atoms with Gasteiger partial charge < -0.3 is 176 Å². The monoisotopic (exact) mass is 2150 g/mol. The largest absolute Gasteiger partial charge is 0.481 e. The Morgan fingerprint density at radius 2 is 0.839 bits per heavy atom. The van der Waals surface area contributed by atoms with Crippen LogP contribution in [0.15, 0.2) is 82.2 Å². The Bertz CT molecular complexity index is 4160. The molecule has 2 aliphatic rings. The fourth-order valence-electron chi connectivity index (χ4n) is 13.6. The number of rotatable bonds is 101. The summed E-state index contributed by atoms with van der Waals surface area (Å²) in [5, 5.41) is 28.8. The first-order chi connectivity index (χ1) is 72.7. The van der Waals surface area contributed by atoms with Gasteiger partial charge in [0, 0.05) is 88.5 Å². The first-order valence-corrected chi connectivity index (χ1v) is 52.9. The molecule has 0 radical (unpaired) electrons. The highest BCUT2D eigenvalue weighted by atomic mass is 32.2. The second-order valence-electron chi connectivity index (χ2n) is 33.9. The van der Waals surface area contributed by atoms with E-state index in [9.17, 15) is 47.1 Å². The van der Waals surface area contributed by atoms with Crippen molar-refractivity contribution in [2.75, 3.05) is 389 Å². The van der Waals surface area contributed by atoms with Gasteiger partial charge in [0.1, 0.15) is 24.5 Å². The molecule has 2 heterocycles. The number of nitrogens with one attached hydrogen (secondary N) is 4. The summed E-state index contributed by atoms with van der Waals surface area (Å²) in [4.78, 5) is 98.0. The number of aliphatic hydroxyl groups excluding tert-OH is 1. The number of nitrogens with two attached hydrogens (primary N) is 2. The van der Waals surface area contributed by atoms with Crippen molar-refractivity contribution < 1.29 is 175 Å². The van der Waals surface area contributed by atoms with Crippen LogP contribution in [0, 0.1) is 11.8 Å². The van der Waals surface area contributed by atoms with Gasteiger partial charge in [0.15, 0.2) is 0 Å². The first-order valence-electron chi connectivity index (χ1n) is 51.4. The SMILES string of the molecule is CCCN(CCCN(C)C(=O)OCc1ccc(NC(=O)[C@H](CCCNC(N)=O)NC(=O)[C@@H](NC(=O)CCOCCOCCOCCOCCOCCOCCOCCOCCOCCOCCOCCOCCOCCOCCOCCOCCOCCOCCOCCOCCOCCOCCOCCOCCOCCC(=O)O)C(C)C)cc1)C(=O)C1=Cc2ccc(-c3cccc(S(=O)(=O)N4CC(CO)C4)c3)cc2N=C(N)C1. The van der Waals surface area contributed by atoms with Crippen molar-refractivity contribution in [3.05, 3.63) is 83.4 Å². The summed E-state index contributed by atoms with van der Waals surface area (Å²) in [6.07, 6.45) is 2.71. The maximum absolute atomic E-state index is 14.2. The minimum atomic E-state index is -3.75. The van der Waals surface area contributed by atoms with Crippen molar-refractivity contribution in [3.8, 4) is 11.1 Å². The molecule has 0 bridgehead atoms. The number of primary amides is 1. The normalized spacial score (nSPS) is 13.2. The Morgan fingerprint density at radius 3 is 1.20 bits per heavy atom. The van der Waals surface area contributed by atoms with Crippen LogP contribution >= 0.6 is 0 Å². The highest BCUT2D eigenvalue weighted by Crippen LogP contribution is 2.34. The van der Waals surface area contributed by atoms with Crippen molar-refractivity contribution in [2.24, 2.45) is 28.3 Å². The number of hydrogen-bond donors (Lipinski definition) is 8. The molecule has 47 nitrogen and oxygen atoms in total. The highest BCUT2D eigenvalue weighted by molar-refractivity contribution is 7.89. The number of hydrogen-bond acceptors (Lipinski definition) is 38. The molecule has 0 saturated carbocycles. The third-order valence-electron chi connectivity index (χ3n) is 21.6. The number of carboxylic acids is 1. The number of carboxylic acid groups (broad SMARTS) is 1. The fourth-order valence-corrected chi connectivity index (χ4v) is 15.2. The van der Waals surface area contributed by atoms with Crippen LogP contribution in [0.4, 0.5) is 21.0 Å². The number of ether oxygens (including phenoxy) is 26. The number of sulfonamides is 1. The maximum atomic E-state index is 14.2. The fraction of sp³-hybridized carbons (Fsp3) is 0.723. The number of amides is 7. The summed E-state index contributed by atoms with van der Waals surface area (Å²) in [5.41, 5.74) is 15.7. The molecule has 1 saturated heterocycles. The Balaban J connectivity index is 0.721. The number of aliphatic hydroxyl groups is 1. The number of amidine groups is 1. The molecule has 2 aliphatic heterocycles. The van der Waals surface area contributed by atoms with E-state index in [2.05, 4.69) is 26.3 Å². The van der Waals surface area contributed by atoms with Gasteiger partial charge in [0.05, 0.1) is 347 Å². The quantitative estimate of drug-likeness (QED) is 0.0371. The molecule has 3 aromatic rings. The van der Waals surface area contributed by atoms with E-state index in [-0.39, 0.29) is 126 Å². The standard InChI is InChI=1S/C101H168N10O37S/c1-5-21-110(99(118)88-74-87-15-14-86(76-92(87)106-93(102)77-88)85-9-6-10-90(75-85)149(121,122)111-78-84(79-111)80-112)23-8-22-109(4)101(120)148-81-83-12-16-89(17-13-83)105-97(116)91(11-7-20-104-100(103)119)107-98(117)96(82(2)3)108-94(113)18-24-123-26-28-125-30-32-127-34-36-129-38-40-131-42-44-133-46-48-135-50-52-137-54-56-139-58-60-141-62-64-143-66-68-145-70-72-147-73-71-146-69-67-144-65-63-142-61-59-140-57-55-138-53-51-136-49-47-134-45-43-132-41-39-130-37-35-128-33-31-126-29-27-124-25-19-95(114)115/h6,9-10,12-17,74-76,82,84,91,96,112H,5,7-8,11,18-73,77-81H2,1-4H3,(H2,102,106)(H,105,116)(H,107,117)(H,108,113)(H,114,115)(H3,103,104,119)/t91-,96-/m0/s1. The highest BCUT2D eigenvalue weighted by Gasteiger charge is 2.37. The zero-order valence-electron chi connectivity index (χ0n) is 87.7. The number of urea groups is 1. The molecule has 7 amide bonds. The number of aliphatic carboxylic acids is 1. The molecule has 5 rings (SSSR count). The van der Waals surface area contributed by atoms with Gasteiger partial charge in [-0.2, -0.15) is 4.31 Å². The molecule has 0 aliphatic carbocycles. The third kappa shape index (κ3) is 66.4. The van der Waals surface area contributed by atoms with Gasteiger partial charge in [0.2, 0.25) is 33.7 Å². The Labute approximate surface area is 877 Å². The number of nitrogens with zero attached hydrogens (tertiary/aromatic N) is 4.